The molecule has 0 spiro atoms. The Kier molecular flexibility index (Phi) is 7.52. The lowest BCUT2D eigenvalue weighted by Crippen LogP contribution is -2.40. The maximum atomic E-state index is 12.8. The van der Waals surface area contributed by atoms with E-state index in [1.807, 2.05) is 30.3 Å². The highest BCUT2D eigenvalue weighted by Crippen LogP contribution is 2.27. The molecule has 170 valence electrons. The van der Waals surface area contributed by atoms with Gasteiger partial charge in [0.05, 0.1) is 18.9 Å². The minimum absolute atomic E-state index is 0.396. The molecule has 1 saturated carbocycles. The number of methoxy groups -OCH3 is 1. The van der Waals surface area contributed by atoms with E-state index in [0.29, 0.717) is 33.8 Å². The van der Waals surface area contributed by atoms with E-state index in [-0.39, 0.29) is 0 Å². The second kappa shape index (κ2) is 10.9. The van der Waals surface area contributed by atoms with Crippen LogP contribution in [0.2, 0.25) is 0 Å². The molecule has 0 amide bonds. The first-order valence-electron chi connectivity index (χ1n) is 11.1. The third kappa shape index (κ3) is 5.87. The van der Waals surface area contributed by atoms with Crippen LogP contribution in [-0.2, 0) is 0 Å². The Balaban J connectivity index is 1.52. The summed E-state index contributed by atoms with van der Waals surface area (Å²) in [5.41, 5.74) is 4.03. The zero-order valence-corrected chi connectivity index (χ0v) is 19.4. The summed E-state index contributed by atoms with van der Waals surface area (Å²) < 4.78 is 10.9. The number of benzene rings is 3. The molecule has 3 aromatic rings. The summed E-state index contributed by atoms with van der Waals surface area (Å²) in [6, 6.07) is 18.8. The Morgan fingerprint density at radius 1 is 1.03 bits per heavy atom. The molecule has 3 aromatic carbocycles. The molecule has 0 aromatic heterocycles. The highest BCUT2D eigenvalue weighted by molar-refractivity contribution is 7.80. The van der Waals surface area contributed by atoms with Crippen molar-refractivity contribution in [1.82, 2.24) is 10.7 Å². The molecule has 1 aliphatic carbocycles. The topological polar surface area (TPSA) is 72.0 Å². The number of ether oxygens (including phenoxy) is 2. The van der Waals surface area contributed by atoms with Crippen LogP contribution in [0, 0.1) is 0 Å². The number of nitrogens with zero attached hydrogens (tertiary/aromatic N) is 1. The molecule has 7 heteroatoms. The van der Waals surface area contributed by atoms with Gasteiger partial charge in [0.1, 0.15) is 11.5 Å². The van der Waals surface area contributed by atoms with E-state index < -0.39 is 5.97 Å². The van der Waals surface area contributed by atoms with Crippen molar-refractivity contribution in [3.05, 3.63) is 71.8 Å². The third-order valence-electron chi connectivity index (χ3n) is 5.76. The van der Waals surface area contributed by atoms with E-state index in [1.54, 1.807) is 43.7 Å². The van der Waals surface area contributed by atoms with Crippen molar-refractivity contribution in [2.45, 2.75) is 38.1 Å². The second-order valence-electron chi connectivity index (χ2n) is 7.99. The van der Waals surface area contributed by atoms with E-state index in [0.717, 1.165) is 23.6 Å². The Bertz CT molecular complexity index is 1160. The fourth-order valence-corrected chi connectivity index (χ4v) is 4.22. The molecule has 4 rings (SSSR count). The van der Waals surface area contributed by atoms with Gasteiger partial charge in [-0.3, -0.25) is 5.43 Å². The number of carbonyl (C=O) groups is 1. The lowest BCUT2D eigenvalue weighted by Gasteiger charge is -2.23. The number of esters is 1. The van der Waals surface area contributed by atoms with Gasteiger partial charge in [0.15, 0.2) is 5.11 Å². The molecule has 0 atom stereocenters. The Morgan fingerprint density at radius 3 is 2.55 bits per heavy atom. The molecule has 1 fully saturated rings. The molecule has 0 heterocycles. The van der Waals surface area contributed by atoms with E-state index in [4.69, 9.17) is 21.7 Å². The number of fused-ring (bicyclic) bond motifs is 1. The minimum Gasteiger partial charge on any atom is -0.497 e. The standard InChI is InChI=1S/C26H27N3O3S/c1-31-21-14-11-19(12-15-21)25(30)32-24-16-13-18-7-5-6-10-22(18)23(24)17-27-29-26(33)28-20-8-3-2-4-9-20/h5-7,10-17,20H,2-4,8-9H2,1H3,(H2,28,29,33). The van der Waals surface area contributed by atoms with Crippen LogP contribution in [0.15, 0.2) is 65.8 Å². The predicted molar refractivity (Wildman–Crippen MR) is 135 cm³/mol. The van der Waals surface area contributed by atoms with Gasteiger partial charge in [0, 0.05) is 11.6 Å². The van der Waals surface area contributed by atoms with Crippen LogP contribution in [0.1, 0.15) is 48.0 Å². The maximum absolute atomic E-state index is 12.8. The molecule has 0 radical (unpaired) electrons. The van der Waals surface area contributed by atoms with Crippen molar-refractivity contribution >= 4 is 40.3 Å². The first-order chi connectivity index (χ1) is 16.1. The van der Waals surface area contributed by atoms with Crippen molar-refractivity contribution in [2.75, 3.05) is 7.11 Å². The number of rotatable bonds is 6. The summed E-state index contributed by atoms with van der Waals surface area (Å²) in [6.07, 6.45) is 7.63. The SMILES string of the molecule is COc1ccc(C(=O)Oc2ccc3ccccc3c2C=NNC(=S)NC2CCCCC2)cc1. The first kappa shape index (κ1) is 22.7. The largest absolute Gasteiger partial charge is 0.497 e. The molecule has 0 bridgehead atoms. The molecule has 0 unspecified atom stereocenters. The van der Waals surface area contributed by atoms with Crippen LogP contribution in [-0.4, -0.2) is 30.4 Å². The monoisotopic (exact) mass is 461 g/mol. The van der Waals surface area contributed by atoms with E-state index >= 15 is 0 Å². The lowest BCUT2D eigenvalue weighted by atomic mass is 9.96. The van der Waals surface area contributed by atoms with Gasteiger partial charge >= 0.3 is 5.97 Å². The van der Waals surface area contributed by atoms with Gasteiger partial charge in [0.25, 0.3) is 0 Å². The van der Waals surface area contributed by atoms with Crippen LogP contribution < -0.4 is 20.2 Å². The lowest BCUT2D eigenvalue weighted by molar-refractivity contribution is 0.0734. The summed E-state index contributed by atoms with van der Waals surface area (Å²) in [5.74, 6) is 0.644. The fraction of sp³-hybridized carbons (Fsp3) is 0.269. The predicted octanol–water partition coefficient (Wildman–Crippen LogP) is 5.20. The molecule has 1 aliphatic rings. The van der Waals surface area contributed by atoms with Gasteiger partial charge in [-0.05, 0) is 66.2 Å². The smallest absolute Gasteiger partial charge is 0.343 e. The molecular weight excluding hydrogens is 434 g/mol. The summed E-state index contributed by atoms with van der Waals surface area (Å²) in [5, 5.41) is 10.1. The Hall–Kier alpha value is -3.45. The maximum Gasteiger partial charge on any atom is 0.343 e. The average Bonchev–Trinajstić information content (AvgIpc) is 2.85. The van der Waals surface area contributed by atoms with E-state index in [1.165, 1.54) is 19.3 Å². The fourth-order valence-electron chi connectivity index (χ4n) is 4.00. The molecule has 2 N–H and O–H groups in total. The Morgan fingerprint density at radius 2 is 1.79 bits per heavy atom. The number of hydrogen-bond donors (Lipinski definition) is 2. The van der Waals surface area contributed by atoms with Crippen LogP contribution in [0.4, 0.5) is 0 Å². The second-order valence-corrected chi connectivity index (χ2v) is 8.40. The van der Waals surface area contributed by atoms with Crippen molar-refractivity contribution < 1.29 is 14.3 Å². The highest BCUT2D eigenvalue weighted by Gasteiger charge is 2.15. The van der Waals surface area contributed by atoms with Gasteiger partial charge in [-0.1, -0.05) is 49.6 Å². The normalized spacial score (nSPS) is 14.2. The van der Waals surface area contributed by atoms with Crippen LogP contribution in [0.25, 0.3) is 10.8 Å². The molecular formula is C26H27N3O3S. The van der Waals surface area contributed by atoms with Crippen LogP contribution in [0.3, 0.4) is 0 Å². The minimum atomic E-state index is -0.454. The third-order valence-corrected chi connectivity index (χ3v) is 5.97. The van der Waals surface area contributed by atoms with Gasteiger partial charge in [-0.15, -0.1) is 0 Å². The van der Waals surface area contributed by atoms with E-state index in [2.05, 4.69) is 15.8 Å². The number of carbonyl (C=O) groups excluding carboxylic acids is 1. The molecule has 33 heavy (non-hydrogen) atoms. The van der Waals surface area contributed by atoms with E-state index in [9.17, 15) is 4.79 Å². The van der Waals surface area contributed by atoms with Crippen molar-refractivity contribution in [3.63, 3.8) is 0 Å². The quantitative estimate of drug-likeness (QED) is 0.173. The number of nitrogens with one attached hydrogen (secondary N) is 2. The van der Waals surface area contributed by atoms with Crippen molar-refractivity contribution in [1.29, 1.82) is 0 Å². The molecule has 0 aliphatic heterocycles. The number of hydrazone groups is 1. The summed E-state index contributed by atoms with van der Waals surface area (Å²) in [6.45, 7) is 0. The zero-order chi connectivity index (χ0) is 23.0. The van der Waals surface area contributed by atoms with Crippen LogP contribution in [0.5, 0.6) is 11.5 Å². The number of hydrogen-bond acceptors (Lipinski definition) is 5. The van der Waals surface area contributed by atoms with Gasteiger partial charge < -0.3 is 14.8 Å². The highest BCUT2D eigenvalue weighted by atomic mass is 32.1. The molecule has 6 nitrogen and oxygen atoms in total. The summed E-state index contributed by atoms with van der Waals surface area (Å²) >= 11 is 5.40. The number of thiocarbonyl (C=S) groups is 1. The zero-order valence-electron chi connectivity index (χ0n) is 18.5. The summed E-state index contributed by atoms with van der Waals surface area (Å²) in [7, 11) is 1.58. The van der Waals surface area contributed by atoms with Crippen molar-refractivity contribution in [3.8, 4) is 11.5 Å². The van der Waals surface area contributed by atoms with Crippen molar-refractivity contribution in [2.24, 2.45) is 5.10 Å². The van der Waals surface area contributed by atoms with Gasteiger partial charge in [0.2, 0.25) is 0 Å². The average molecular weight is 462 g/mol. The van der Waals surface area contributed by atoms with Gasteiger partial charge in [-0.2, -0.15) is 5.10 Å². The summed E-state index contributed by atoms with van der Waals surface area (Å²) in [4.78, 5) is 12.8. The Labute approximate surface area is 199 Å². The van der Waals surface area contributed by atoms with Crippen LogP contribution >= 0.6 is 12.2 Å². The van der Waals surface area contributed by atoms with Gasteiger partial charge in [-0.25, -0.2) is 4.79 Å². The first-order valence-corrected chi connectivity index (χ1v) is 11.5. The molecule has 0 saturated heterocycles.